The zero-order valence-corrected chi connectivity index (χ0v) is 15.7. The van der Waals surface area contributed by atoms with Crippen LogP contribution >= 0.6 is 11.6 Å². The summed E-state index contributed by atoms with van der Waals surface area (Å²) in [6.45, 7) is 3.15. The molecule has 2 N–H and O–H groups in total. The maximum atomic E-state index is 12.8. The summed E-state index contributed by atoms with van der Waals surface area (Å²) in [6, 6.07) is 14.1. The second-order valence-electron chi connectivity index (χ2n) is 7.54. The van der Waals surface area contributed by atoms with Crippen LogP contribution in [0, 0.1) is 0 Å². The lowest BCUT2D eigenvalue weighted by Gasteiger charge is -2.43. The highest BCUT2D eigenvalue weighted by Gasteiger charge is 2.45. The van der Waals surface area contributed by atoms with Crippen molar-refractivity contribution in [2.75, 3.05) is 13.1 Å². The molecule has 0 radical (unpaired) electrons. The van der Waals surface area contributed by atoms with Gasteiger partial charge >= 0.3 is 0 Å². The third-order valence-corrected chi connectivity index (χ3v) is 6.22. The second-order valence-corrected chi connectivity index (χ2v) is 7.98. The third-order valence-electron chi connectivity index (χ3n) is 5.98. The van der Waals surface area contributed by atoms with Gasteiger partial charge in [0.05, 0.1) is 23.0 Å². The third kappa shape index (κ3) is 2.82. The SMILES string of the molecule is O=C1NCc2ccccc2C12CCN(Cc1nc3ccc(Cl)cc3[nH]1)CC2. The number of likely N-dealkylation sites (tertiary alicyclic amines) is 1. The van der Waals surface area contributed by atoms with Gasteiger partial charge in [-0.15, -0.1) is 0 Å². The molecule has 1 amide bonds. The van der Waals surface area contributed by atoms with E-state index in [4.69, 9.17) is 11.6 Å². The number of piperidine rings is 1. The van der Waals surface area contributed by atoms with Gasteiger partial charge in [0, 0.05) is 11.6 Å². The molecule has 6 heteroatoms. The number of benzene rings is 2. The summed E-state index contributed by atoms with van der Waals surface area (Å²) in [5.41, 5.74) is 3.98. The summed E-state index contributed by atoms with van der Waals surface area (Å²) >= 11 is 6.06. The highest BCUT2D eigenvalue weighted by Crippen LogP contribution is 2.40. The lowest BCUT2D eigenvalue weighted by Crippen LogP contribution is -2.54. The highest BCUT2D eigenvalue weighted by atomic mass is 35.5. The van der Waals surface area contributed by atoms with E-state index in [0.29, 0.717) is 11.6 Å². The number of rotatable bonds is 2. The molecule has 2 aliphatic rings. The minimum Gasteiger partial charge on any atom is -0.351 e. The predicted molar refractivity (Wildman–Crippen MR) is 106 cm³/mol. The van der Waals surface area contributed by atoms with E-state index >= 15 is 0 Å². The summed E-state index contributed by atoms with van der Waals surface area (Å²) in [6.07, 6.45) is 1.67. The molecule has 0 bridgehead atoms. The number of hydrogen-bond acceptors (Lipinski definition) is 3. The first-order valence-corrected chi connectivity index (χ1v) is 9.75. The van der Waals surface area contributed by atoms with Crippen molar-refractivity contribution < 1.29 is 4.79 Å². The number of halogens is 1. The summed E-state index contributed by atoms with van der Waals surface area (Å²) in [5.74, 6) is 1.12. The Bertz CT molecular complexity index is 1020. The number of fused-ring (bicyclic) bond motifs is 3. The lowest BCUT2D eigenvalue weighted by atomic mass is 9.69. The van der Waals surface area contributed by atoms with Crippen molar-refractivity contribution in [3.8, 4) is 0 Å². The Balaban J connectivity index is 1.35. The number of amides is 1. The summed E-state index contributed by atoms with van der Waals surface area (Å²) in [5, 5.41) is 3.81. The van der Waals surface area contributed by atoms with Crippen molar-refractivity contribution in [2.45, 2.75) is 31.3 Å². The fraction of sp³-hybridized carbons (Fsp3) is 0.333. The molecule has 2 aromatic carbocycles. The molecule has 0 atom stereocenters. The van der Waals surface area contributed by atoms with E-state index in [1.54, 1.807) is 0 Å². The maximum absolute atomic E-state index is 12.8. The van der Waals surface area contributed by atoms with Crippen LogP contribution in [0.4, 0.5) is 0 Å². The number of imidazole rings is 1. The molecule has 1 saturated heterocycles. The van der Waals surface area contributed by atoms with Crippen LogP contribution in [-0.4, -0.2) is 33.9 Å². The lowest BCUT2D eigenvalue weighted by molar-refractivity contribution is -0.129. The van der Waals surface area contributed by atoms with Gasteiger partial charge in [0.15, 0.2) is 0 Å². The number of carbonyl (C=O) groups excluding carboxylic acids is 1. The van der Waals surface area contributed by atoms with E-state index in [9.17, 15) is 4.79 Å². The minimum absolute atomic E-state index is 0.180. The molecule has 2 aliphatic heterocycles. The first-order valence-electron chi connectivity index (χ1n) is 9.37. The average molecular weight is 381 g/mol. The van der Waals surface area contributed by atoms with Crippen molar-refractivity contribution in [1.82, 2.24) is 20.2 Å². The molecule has 1 spiro atoms. The van der Waals surface area contributed by atoms with Crippen LogP contribution in [0.3, 0.4) is 0 Å². The molecule has 138 valence electrons. The van der Waals surface area contributed by atoms with E-state index in [0.717, 1.165) is 49.3 Å². The Kier molecular flexibility index (Phi) is 3.95. The Labute approximate surface area is 162 Å². The van der Waals surface area contributed by atoms with E-state index in [2.05, 4.69) is 32.3 Å². The van der Waals surface area contributed by atoms with Crippen LogP contribution in [0.2, 0.25) is 5.02 Å². The number of aromatic amines is 1. The van der Waals surface area contributed by atoms with Gasteiger partial charge in [-0.05, 0) is 55.3 Å². The number of nitrogens with one attached hydrogen (secondary N) is 2. The molecule has 1 aromatic heterocycles. The Morgan fingerprint density at radius 1 is 1.15 bits per heavy atom. The van der Waals surface area contributed by atoms with Gasteiger partial charge < -0.3 is 10.3 Å². The largest absolute Gasteiger partial charge is 0.351 e. The number of carbonyl (C=O) groups is 1. The second kappa shape index (κ2) is 6.36. The molecule has 0 saturated carbocycles. The van der Waals surface area contributed by atoms with Crippen molar-refractivity contribution in [3.63, 3.8) is 0 Å². The summed E-state index contributed by atoms with van der Waals surface area (Å²) in [7, 11) is 0. The van der Waals surface area contributed by atoms with Crippen molar-refractivity contribution >= 4 is 28.5 Å². The fourth-order valence-electron chi connectivity index (χ4n) is 4.52. The first kappa shape index (κ1) is 16.8. The Hall–Kier alpha value is -2.37. The van der Waals surface area contributed by atoms with Gasteiger partial charge in [0.2, 0.25) is 5.91 Å². The number of aromatic nitrogens is 2. The van der Waals surface area contributed by atoms with Gasteiger partial charge in [-0.2, -0.15) is 0 Å². The molecule has 27 heavy (non-hydrogen) atoms. The first-order chi connectivity index (χ1) is 13.1. The van der Waals surface area contributed by atoms with Gasteiger partial charge in [0.1, 0.15) is 5.82 Å². The van der Waals surface area contributed by atoms with Crippen LogP contribution < -0.4 is 5.32 Å². The normalized spacial score (nSPS) is 19.2. The van der Waals surface area contributed by atoms with Gasteiger partial charge in [-0.25, -0.2) is 4.98 Å². The summed E-state index contributed by atoms with van der Waals surface area (Å²) < 4.78 is 0. The quantitative estimate of drug-likeness (QED) is 0.716. The zero-order valence-electron chi connectivity index (χ0n) is 15.0. The standard InChI is InChI=1S/C21H21ClN4O/c22-15-5-6-17-18(11-15)25-19(24-17)13-26-9-7-21(8-10-26)16-4-2-1-3-14(16)12-23-20(21)27/h1-6,11H,7-10,12-13H2,(H,23,27)(H,24,25). The number of hydrogen-bond donors (Lipinski definition) is 2. The van der Waals surface area contributed by atoms with Crippen molar-refractivity contribution in [3.05, 3.63) is 64.4 Å². The van der Waals surface area contributed by atoms with Crippen LogP contribution in [0.15, 0.2) is 42.5 Å². The Morgan fingerprint density at radius 2 is 1.96 bits per heavy atom. The molecule has 5 rings (SSSR count). The van der Waals surface area contributed by atoms with Crippen LogP contribution in [0.25, 0.3) is 11.0 Å². The smallest absolute Gasteiger partial charge is 0.231 e. The Morgan fingerprint density at radius 3 is 2.81 bits per heavy atom. The fourth-order valence-corrected chi connectivity index (χ4v) is 4.69. The maximum Gasteiger partial charge on any atom is 0.231 e. The number of nitrogens with zero attached hydrogens (tertiary/aromatic N) is 2. The minimum atomic E-state index is -0.382. The van der Waals surface area contributed by atoms with Gasteiger partial charge in [0.25, 0.3) is 0 Å². The van der Waals surface area contributed by atoms with E-state index in [1.165, 1.54) is 11.1 Å². The topological polar surface area (TPSA) is 61.0 Å². The van der Waals surface area contributed by atoms with Gasteiger partial charge in [-0.3, -0.25) is 9.69 Å². The van der Waals surface area contributed by atoms with Crippen molar-refractivity contribution in [2.24, 2.45) is 0 Å². The van der Waals surface area contributed by atoms with E-state index in [-0.39, 0.29) is 11.3 Å². The zero-order chi connectivity index (χ0) is 18.4. The average Bonchev–Trinajstić information content (AvgIpc) is 3.08. The van der Waals surface area contributed by atoms with Crippen LogP contribution in [0.5, 0.6) is 0 Å². The molecule has 3 aromatic rings. The molecular weight excluding hydrogens is 360 g/mol. The van der Waals surface area contributed by atoms with E-state index < -0.39 is 0 Å². The molecule has 0 unspecified atom stereocenters. The summed E-state index contributed by atoms with van der Waals surface area (Å²) in [4.78, 5) is 23.2. The van der Waals surface area contributed by atoms with Crippen LogP contribution in [-0.2, 0) is 23.3 Å². The van der Waals surface area contributed by atoms with Crippen molar-refractivity contribution in [1.29, 1.82) is 0 Å². The molecular formula is C21H21ClN4O. The molecule has 5 nitrogen and oxygen atoms in total. The monoisotopic (exact) mass is 380 g/mol. The van der Waals surface area contributed by atoms with E-state index in [1.807, 2.05) is 30.3 Å². The van der Waals surface area contributed by atoms with Crippen LogP contribution in [0.1, 0.15) is 29.8 Å². The molecule has 3 heterocycles. The predicted octanol–water partition coefficient (Wildman–Crippen LogP) is 3.38. The molecule has 0 aliphatic carbocycles. The molecule has 1 fully saturated rings. The van der Waals surface area contributed by atoms with Gasteiger partial charge in [-0.1, -0.05) is 35.9 Å². The highest BCUT2D eigenvalue weighted by molar-refractivity contribution is 6.31. The number of H-pyrrole nitrogens is 1.